The third-order valence-electron chi connectivity index (χ3n) is 8.54. The van der Waals surface area contributed by atoms with E-state index in [1.54, 1.807) is 0 Å². The molecule has 0 aromatic rings. The lowest BCUT2D eigenvalue weighted by Gasteiger charge is -2.25. The average Bonchev–Trinajstić information content (AvgIpc) is 3.12. The molecule has 0 aliphatic heterocycles. The van der Waals surface area contributed by atoms with Crippen molar-refractivity contribution in [2.75, 3.05) is 47.5 Å². The quantitative estimate of drug-likeness (QED) is 0.0219. The first-order valence-electron chi connectivity index (χ1n) is 21.0. The minimum Gasteiger partial charge on any atom is -0.477 e. The molecule has 0 amide bonds. The number of nitrogens with zero attached hydrogens (tertiary/aromatic N) is 1. The molecule has 0 aliphatic rings. The minimum atomic E-state index is -1.52. The highest BCUT2D eigenvalue weighted by Gasteiger charge is 2.25. The van der Waals surface area contributed by atoms with Gasteiger partial charge in [0.05, 0.1) is 34.4 Å². The average molecular weight is 761 g/mol. The first kappa shape index (κ1) is 51.0. The molecule has 0 aromatic heterocycles. The van der Waals surface area contributed by atoms with E-state index in [1.165, 1.54) is 44.9 Å². The Hall–Kier alpha value is -3.01. The van der Waals surface area contributed by atoms with Crippen LogP contribution in [0.5, 0.6) is 0 Å². The van der Waals surface area contributed by atoms with E-state index in [0.29, 0.717) is 23.9 Å². The number of allylic oxidation sites excluding steroid dienone is 10. The summed E-state index contributed by atoms with van der Waals surface area (Å²) < 4.78 is 22.6. The summed E-state index contributed by atoms with van der Waals surface area (Å²) in [7, 11) is 5.93. The van der Waals surface area contributed by atoms with Crippen molar-refractivity contribution in [2.24, 2.45) is 0 Å². The Labute approximate surface area is 329 Å². The molecule has 0 saturated carbocycles. The molecule has 0 heterocycles. The molecule has 9 nitrogen and oxygen atoms in total. The van der Waals surface area contributed by atoms with Crippen LogP contribution in [0.1, 0.15) is 149 Å². The third-order valence-corrected chi connectivity index (χ3v) is 8.54. The largest absolute Gasteiger partial charge is 0.477 e. The van der Waals surface area contributed by atoms with E-state index in [9.17, 15) is 19.5 Å². The normalized spacial score (nSPS) is 13.6. The fraction of sp³-hybridized carbons (Fsp3) is 0.711. The zero-order valence-electron chi connectivity index (χ0n) is 34.9. The van der Waals surface area contributed by atoms with Crippen molar-refractivity contribution >= 4 is 17.9 Å². The number of carboxylic acid groups (broad SMARTS) is 1. The van der Waals surface area contributed by atoms with E-state index >= 15 is 0 Å². The molecular formula is C45H78NO8+. The molecule has 0 aromatic carbocycles. The molecule has 1 N–H and O–H groups in total. The number of carbonyl (C=O) groups excluding carboxylic acids is 2. The zero-order chi connectivity index (χ0) is 40.0. The molecule has 0 bridgehead atoms. The van der Waals surface area contributed by atoms with Gasteiger partial charge in [-0.3, -0.25) is 9.59 Å². The second kappa shape index (κ2) is 36.9. The summed E-state index contributed by atoms with van der Waals surface area (Å²) in [5.41, 5.74) is 0. The molecular weight excluding hydrogens is 682 g/mol. The Morgan fingerprint density at radius 1 is 0.574 bits per heavy atom. The Morgan fingerprint density at radius 3 is 1.57 bits per heavy atom. The Morgan fingerprint density at radius 2 is 1.06 bits per heavy atom. The Kier molecular flexibility index (Phi) is 34.9. The van der Waals surface area contributed by atoms with Gasteiger partial charge in [-0.25, -0.2) is 4.79 Å². The van der Waals surface area contributed by atoms with Crippen LogP contribution in [-0.2, 0) is 33.3 Å². The van der Waals surface area contributed by atoms with Crippen molar-refractivity contribution in [3.05, 3.63) is 60.8 Å². The molecule has 9 heteroatoms. The van der Waals surface area contributed by atoms with Crippen LogP contribution in [0.4, 0.5) is 0 Å². The summed E-state index contributed by atoms with van der Waals surface area (Å²) in [6.45, 7) is 4.68. The van der Waals surface area contributed by atoms with Crippen molar-refractivity contribution in [1.82, 2.24) is 0 Å². The van der Waals surface area contributed by atoms with Gasteiger partial charge in [0.2, 0.25) is 0 Å². The number of rotatable bonds is 37. The molecule has 2 atom stereocenters. The summed E-state index contributed by atoms with van der Waals surface area (Å²) in [6, 6.07) is 0. The maximum atomic E-state index is 12.7. The van der Waals surface area contributed by atoms with E-state index in [-0.39, 0.29) is 32.2 Å². The van der Waals surface area contributed by atoms with E-state index in [2.05, 4.69) is 74.6 Å². The number of aliphatic carboxylic acids is 1. The standard InChI is InChI=1S/C45H77NO8/c1-6-8-10-12-14-16-18-19-20-21-22-23-24-25-26-28-30-32-34-36-43(48)54-41(40-53-45(44(49)50)51-38-37-46(3,4)5)39-52-42(47)35-33-31-29-27-17-15-13-11-9-7-2/h8,10,14,16,19-20,22-23,25-26,41,45H,6-7,9,11-13,15,17-18,21,24,27-40H2,1-5H3/p+1/b10-8-,16-14-,20-19-,23-22-,26-25-. The van der Waals surface area contributed by atoms with Crippen LogP contribution >= 0.6 is 0 Å². The molecule has 310 valence electrons. The van der Waals surface area contributed by atoms with Gasteiger partial charge in [-0.1, -0.05) is 139 Å². The molecule has 0 rings (SSSR count). The predicted molar refractivity (Wildman–Crippen MR) is 221 cm³/mol. The van der Waals surface area contributed by atoms with Gasteiger partial charge in [0.15, 0.2) is 6.10 Å². The maximum absolute atomic E-state index is 12.7. The topological polar surface area (TPSA) is 108 Å². The van der Waals surface area contributed by atoms with Crippen LogP contribution < -0.4 is 0 Å². The fourth-order valence-electron chi connectivity index (χ4n) is 5.27. The number of ether oxygens (including phenoxy) is 4. The predicted octanol–water partition coefficient (Wildman–Crippen LogP) is 10.6. The lowest BCUT2D eigenvalue weighted by molar-refractivity contribution is -0.870. The van der Waals surface area contributed by atoms with Gasteiger partial charge in [-0.15, -0.1) is 0 Å². The first-order valence-corrected chi connectivity index (χ1v) is 21.0. The van der Waals surface area contributed by atoms with Crippen molar-refractivity contribution < 1.29 is 42.9 Å². The fourth-order valence-corrected chi connectivity index (χ4v) is 5.27. The highest BCUT2D eigenvalue weighted by Crippen LogP contribution is 2.13. The summed E-state index contributed by atoms with van der Waals surface area (Å²) in [5.74, 6) is -2.06. The molecule has 0 fully saturated rings. The van der Waals surface area contributed by atoms with Crippen molar-refractivity contribution in [2.45, 2.75) is 161 Å². The number of carbonyl (C=O) groups is 3. The van der Waals surface area contributed by atoms with Crippen LogP contribution in [0.15, 0.2) is 60.8 Å². The van der Waals surface area contributed by atoms with Crippen molar-refractivity contribution in [3.63, 3.8) is 0 Å². The number of hydrogen-bond acceptors (Lipinski definition) is 7. The lowest BCUT2D eigenvalue weighted by atomic mass is 10.1. The number of quaternary nitrogens is 1. The number of hydrogen-bond donors (Lipinski definition) is 1. The summed E-state index contributed by atoms with van der Waals surface area (Å²) in [4.78, 5) is 36.9. The van der Waals surface area contributed by atoms with Gasteiger partial charge in [0, 0.05) is 12.8 Å². The highest BCUT2D eigenvalue weighted by atomic mass is 16.7. The Balaban J connectivity index is 4.54. The highest BCUT2D eigenvalue weighted by molar-refractivity contribution is 5.71. The first-order chi connectivity index (χ1) is 26.1. The summed E-state index contributed by atoms with van der Waals surface area (Å²) in [5, 5.41) is 9.60. The van der Waals surface area contributed by atoms with Crippen LogP contribution in [0, 0.1) is 0 Å². The van der Waals surface area contributed by atoms with E-state index in [0.717, 1.165) is 70.6 Å². The Bertz CT molecular complexity index is 1070. The van der Waals surface area contributed by atoms with Gasteiger partial charge in [-0.05, 0) is 57.8 Å². The number of esters is 2. The molecule has 54 heavy (non-hydrogen) atoms. The van der Waals surface area contributed by atoms with Gasteiger partial charge in [0.1, 0.15) is 13.2 Å². The van der Waals surface area contributed by atoms with Gasteiger partial charge in [-0.2, -0.15) is 0 Å². The molecule has 0 radical (unpaired) electrons. The van der Waals surface area contributed by atoms with Crippen molar-refractivity contribution in [3.8, 4) is 0 Å². The van der Waals surface area contributed by atoms with Crippen LogP contribution in [0.2, 0.25) is 0 Å². The second-order valence-corrected chi connectivity index (χ2v) is 14.9. The van der Waals surface area contributed by atoms with Crippen LogP contribution in [0.25, 0.3) is 0 Å². The zero-order valence-corrected chi connectivity index (χ0v) is 34.9. The maximum Gasteiger partial charge on any atom is 0.361 e. The number of likely N-dealkylation sites (N-methyl/N-ethyl adjacent to an activating group) is 1. The van der Waals surface area contributed by atoms with Crippen LogP contribution in [0.3, 0.4) is 0 Å². The smallest absolute Gasteiger partial charge is 0.361 e. The molecule has 0 saturated heterocycles. The summed E-state index contributed by atoms with van der Waals surface area (Å²) in [6.07, 6.45) is 40.0. The van der Waals surface area contributed by atoms with Gasteiger partial charge < -0.3 is 28.5 Å². The van der Waals surface area contributed by atoms with Crippen molar-refractivity contribution in [1.29, 1.82) is 0 Å². The molecule has 0 aliphatic carbocycles. The summed E-state index contributed by atoms with van der Waals surface area (Å²) >= 11 is 0. The minimum absolute atomic E-state index is 0.179. The van der Waals surface area contributed by atoms with E-state index in [4.69, 9.17) is 18.9 Å². The SMILES string of the molecule is CC/C=C\C/C=C\C/C=C\C/C=C\C/C=C\CCCCCC(=O)OC(COC(=O)CCCCCCCCCCCC)COC(OCC[N+](C)(C)C)C(=O)O. The monoisotopic (exact) mass is 761 g/mol. The molecule has 2 unspecified atom stereocenters. The van der Waals surface area contributed by atoms with Crippen LogP contribution in [-0.4, -0.2) is 87.4 Å². The van der Waals surface area contributed by atoms with Gasteiger partial charge >= 0.3 is 17.9 Å². The number of carboxylic acids is 1. The lowest BCUT2D eigenvalue weighted by Crippen LogP contribution is -2.40. The second-order valence-electron chi connectivity index (χ2n) is 14.9. The third kappa shape index (κ3) is 37.3. The van der Waals surface area contributed by atoms with Gasteiger partial charge in [0.25, 0.3) is 6.29 Å². The van der Waals surface area contributed by atoms with E-state index < -0.39 is 24.3 Å². The number of unbranched alkanes of at least 4 members (excludes halogenated alkanes) is 12. The van der Waals surface area contributed by atoms with E-state index in [1.807, 2.05) is 21.1 Å². The molecule has 0 spiro atoms.